The van der Waals surface area contributed by atoms with E-state index in [1.54, 1.807) is 12.1 Å². The van der Waals surface area contributed by atoms with Gasteiger partial charge in [0.25, 0.3) is 5.91 Å². The predicted molar refractivity (Wildman–Crippen MR) is 77.3 cm³/mol. The summed E-state index contributed by atoms with van der Waals surface area (Å²) in [6, 6.07) is 3.28. The van der Waals surface area contributed by atoms with Crippen LogP contribution in [0.3, 0.4) is 0 Å². The normalized spacial score (nSPS) is 13.2. The van der Waals surface area contributed by atoms with Crippen LogP contribution in [0.5, 0.6) is 0 Å². The van der Waals surface area contributed by atoms with Crippen LogP contribution in [-0.2, 0) is 4.79 Å². The third-order valence-electron chi connectivity index (χ3n) is 3.11. The second-order valence-electron chi connectivity index (χ2n) is 5.67. The monoisotopic (exact) mass is 276 g/mol. The number of pyridine rings is 1. The first-order chi connectivity index (χ1) is 9.21. The maximum absolute atomic E-state index is 12.2. The zero-order valence-electron chi connectivity index (χ0n) is 12.2. The molecule has 0 aliphatic carbocycles. The van der Waals surface area contributed by atoms with E-state index in [0.717, 1.165) is 6.08 Å². The Morgan fingerprint density at radius 3 is 2.60 bits per heavy atom. The van der Waals surface area contributed by atoms with Crippen LogP contribution in [0.25, 0.3) is 6.08 Å². The van der Waals surface area contributed by atoms with Crippen molar-refractivity contribution < 1.29 is 14.7 Å². The number of hydrogen-bond acceptors (Lipinski definition) is 3. The van der Waals surface area contributed by atoms with Crippen molar-refractivity contribution in [1.29, 1.82) is 0 Å². The molecule has 0 saturated heterocycles. The fourth-order valence-corrected chi connectivity index (χ4v) is 1.38. The summed E-state index contributed by atoms with van der Waals surface area (Å²) in [6.45, 7) is 8.01. The van der Waals surface area contributed by atoms with Crippen LogP contribution in [0, 0.1) is 5.41 Å². The highest BCUT2D eigenvalue weighted by molar-refractivity contribution is 5.97. The Hall–Kier alpha value is -2.17. The van der Waals surface area contributed by atoms with Crippen LogP contribution in [0.2, 0.25) is 0 Å². The average Bonchev–Trinajstić information content (AvgIpc) is 2.35. The SMILES string of the molecule is CC(NC(=O)c1ncccc1/C=C/C(=O)O)C(C)(C)C. The molecular formula is C15H20N2O3. The maximum Gasteiger partial charge on any atom is 0.328 e. The Kier molecular flexibility index (Phi) is 5.02. The molecule has 0 radical (unpaired) electrons. The van der Waals surface area contributed by atoms with Gasteiger partial charge in [-0.25, -0.2) is 4.79 Å². The first kappa shape index (κ1) is 15.9. The summed E-state index contributed by atoms with van der Waals surface area (Å²) >= 11 is 0. The number of rotatable bonds is 4. The van der Waals surface area contributed by atoms with E-state index in [9.17, 15) is 9.59 Å². The summed E-state index contributed by atoms with van der Waals surface area (Å²) in [5.41, 5.74) is 0.635. The van der Waals surface area contributed by atoms with Gasteiger partial charge in [-0.1, -0.05) is 26.8 Å². The van der Waals surface area contributed by atoms with Gasteiger partial charge in [0.1, 0.15) is 5.69 Å². The van der Waals surface area contributed by atoms with Crippen molar-refractivity contribution in [3.63, 3.8) is 0 Å². The Balaban J connectivity index is 2.96. The van der Waals surface area contributed by atoms with Gasteiger partial charge < -0.3 is 10.4 Å². The fourth-order valence-electron chi connectivity index (χ4n) is 1.38. The topological polar surface area (TPSA) is 79.3 Å². The Morgan fingerprint density at radius 1 is 1.40 bits per heavy atom. The highest BCUT2D eigenvalue weighted by atomic mass is 16.4. The molecule has 0 bridgehead atoms. The van der Waals surface area contributed by atoms with Crippen molar-refractivity contribution in [3.8, 4) is 0 Å². The number of amides is 1. The number of carboxylic acids is 1. The molecule has 108 valence electrons. The molecule has 1 heterocycles. The standard InChI is InChI=1S/C15H20N2O3/c1-10(15(2,3)4)17-14(20)13-11(6-5-9-16-13)7-8-12(18)19/h5-10H,1-4H3,(H,17,20)(H,18,19)/b8-7+. The van der Waals surface area contributed by atoms with E-state index in [2.05, 4.69) is 10.3 Å². The molecule has 2 N–H and O–H groups in total. The molecule has 1 aromatic rings. The van der Waals surface area contributed by atoms with Crippen molar-refractivity contribution in [2.75, 3.05) is 0 Å². The summed E-state index contributed by atoms with van der Waals surface area (Å²) < 4.78 is 0. The molecule has 20 heavy (non-hydrogen) atoms. The largest absolute Gasteiger partial charge is 0.478 e. The molecule has 5 heteroatoms. The van der Waals surface area contributed by atoms with Gasteiger partial charge in [-0.3, -0.25) is 9.78 Å². The first-order valence-electron chi connectivity index (χ1n) is 6.38. The molecule has 0 aromatic carbocycles. The molecule has 5 nitrogen and oxygen atoms in total. The van der Waals surface area contributed by atoms with E-state index in [-0.39, 0.29) is 23.1 Å². The van der Waals surface area contributed by atoms with Gasteiger partial charge in [0.2, 0.25) is 0 Å². The Labute approximate surface area is 118 Å². The Bertz CT molecular complexity index is 530. The number of aromatic nitrogens is 1. The molecule has 0 spiro atoms. The number of carbonyl (C=O) groups is 2. The minimum absolute atomic E-state index is 0.0340. The number of carboxylic acid groups (broad SMARTS) is 1. The molecule has 1 aromatic heterocycles. The van der Waals surface area contributed by atoms with Gasteiger partial charge in [0, 0.05) is 23.9 Å². The molecular weight excluding hydrogens is 256 g/mol. The van der Waals surface area contributed by atoms with Gasteiger partial charge in [0.15, 0.2) is 0 Å². The van der Waals surface area contributed by atoms with Crippen LogP contribution >= 0.6 is 0 Å². The second kappa shape index (κ2) is 6.32. The lowest BCUT2D eigenvalue weighted by Gasteiger charge is -2.28. The lowest BCUT2D eigenvalue weighted by Crippen LogP contribution is -2.41. The van der Waals surface area contributed by atoms with Gasteiger partial charge in [-0.05, 0) is 24.5 Å². The molecule has 1 atom stereocenters. The highest BCUT2D eigenvalue weighted by Gasteiger charge is 2.23. The van der Waals surface area contributed by atoms with Gasteiger partial charge in [0.05, 0.1) is 0 Å². The average molecular weight is 276 g/mol. The number of nitrogens with zero attached hydrogens (tertiary/aromatic N) is 1. The molecule has 1 unspecified atom stereocenters. The van der Waals surface area contributed by atoms with Gasteiger partial charge in [-0.15, -0.1) is 0 Å². The van der Waals surface area contributed by atoms with Crippen LogP contribution in [0.15, 0.2) is 24.4 Å². The van der Waals surface area contributed by atoms with Gasteiger partial charge >= 0.3 is 5.97 Å². The van der Waals surface area contributed by atoms with Crippen LogP contribution in [0.1, 0.15) is 43.7 Å². The molecule has 0 saturated carbocycles. The van der Waals surface area contributed by atoms with Crippen LogP contribution in [-0.4, -0.2) is 28.0 Å². The third-order valence-corrected chi connectivity index (χ3v) is 3.11. The summed E-state index contributed by atoms with van der Waals surface area (Å²) in [7, 11) is 0. The number of carbonyl (C=O) groups excluding carboxylic acids is 1. The fraction of sp³-hybridized carbons (Fsp3) is 0.400. The third kappa shape index (κ3) is 4.50. The van der Waals surface area contributed by atoms with Gasteiger partial charge in [-0.2, -0.15) is 0 Å². The van der Waals surface area contributed by atoms with Crippen molar-refractivity contribution in [3.05, 3.63) is 35.7 Å². The van der Waals surface area contributed by atoms with E-state index in [0.29, 0.717) is 5.56 Å². The molecule has 0 fully saturated rings. The lowest BCUT2D eigenvalue weighted by molar-refractivity contribution is -0.131. The van der Waals surface area contributed by atoms with Crippen LogP contribution < -0.4 is 5.32 Å². The van der Waals surface area contributed by atoms with E-state index in [1.165, 1.54) is 12.3 Å². The van der Waals surface area contributed by atoms with Crippen molar-refractivity contribution >= 4 is 18.0 Å². The quantitative estimate of drug-likeness (QED) is 0.827. The number of hydrogen-bond donors (Lipinski definition) is 2. The summed E-state index contributed by atoms with van der Waals surface area (Å²) in [6.07, 6.45) is 3.86. The number of nitrogens with one attached hydrogen (secondary N) is 1. The van der Waals surface area contributed by atoms with Crippen molar-refractivity contribution in [1.82, 2.24) is 10.3 Å². The lowest BCUT2D eigenvalue weighted by atomic mass is 9.88. The smallest absolute Gasteiger partial charge is 0.328 e. The van der Waals surface area contributed by atoms with Crippen molar-refractivity contribution in [2.24, 2.45) is 5.41 Å². The molecule has 0 aliphatic heterocycles. The van der Waals surface area contributed by atoms with Crippen LogP contribution in [0.4, 0.5) is 0 Å². The predicted octanol–water partition coefficient (Wildman–Crippen LogP) is 2.34. The second-order valence-corrected chi connectivity index (χ2v) is 5.67. The zero-order chi connectivity index (χ0) is 15.3. The van der Waals surface area contributed by atoms with Crippen molar-refractivity contribution in [2.45, 2.75) is 33.7 Å². The maximum atomic E-state index is 12.2. The summed E-state index contributed by atoms with van der Waals surface area (Å²) in [4.78, 5) is 26.8. The number of aliphatic carboxylic acids is 1. The molecule has 0 aliphatic rings. The Morgan fingerprint density at radius 2 is 2.05 bits per heavy atom. The summed E-state index contributed by atoms with van der Waals surface area (Å²) in [5.74, 6) is -1.37. The minimum atomic E-state index is -1.07. The van der Waals surface area contributed by atoms with E-state index in [4.69, 9.17) is 5.11 Å². The molecule has 1 rings (SSSR count). The van der Waals surface area contributed by atoms with E-state index in [1.807, 2.05) is 27.7 Å². The summed E-state index contributed by atoms with van der Waals surface area (Å²) in [5, 5.41) is 11.5. The molecule has 1 amide bonds. The van der Waals surface area contributed by atoms with E-state index >= 15 is 0 Å². The zero-order valence-corrected chi connectivity index (χ0v) is 12.2. The minimum Gasteiger partial charge on any atom is -0.478 e. The highest BCUT2D eigenvalue weighted by Crippen LogP contribution is 2.19. The van der Waals surface area contributed by atoms with E-state index < -0.39 is 5.97 Å². The first-order valence-corrected chi connectivity index (χ1v) is 6.38.